The van der Waals surface area contributed by atoms with Gasteiger partial charge in [0.2, 0.25) is 0 Å². The standard InChI is InChI=1S/C28H24Cl2F3NO4/c1-27(14-19-5-3-7-22(29)25(19)30)15-20-13-18(8-9-23(20)38-27)26(37)34(11-10-24(35)36)16-17-4-2-6-21(12-17)28(31,32)33/h2-9,12-13H,10-11,14-16H2,1H3,(H,35,36)/t27-/m1/s1. The molecule has 0 radical (unpaired) electrons. The van der Waals surface area contributed by atoms with Gasteiger partial charge < -0.3 is 14.7 Å². The summed E-state index contributed by atoms with van der Waals surface area (Å²) < 4.78 is 45.7. The number of rotatable bonds is 8. The van der Waals surface area contributed by atoms with Crippen LogP contribution in [0.1, 0.15) is 46.0 Å². The van der Waals surface area contributed by atoms with Gasteiger partial charge in [-0.25, -0.2) is 0 Å². The number of aliphatic carboxylic acids is 1. The Kier molecular flexibility index (Phi) is 7.95. The number of ether oxygens (including phenoxy) is 1. The summed E-state index contributed by atoms with van der Waals surface area (Å²) in [5.74, 6) is -1.00. The number of carboxylic acid groups (broad SMARTS) is 1. The Morgan fingerprint density at radius 3 is 2.53 bits per heavy atom. The number of halogens is 5. The van der Waals surface area contributed by atoms with Crippen LogP contribution < -0.4 is 4.74 Å². The van der Waals surface area contributed by atoms with Crippen LogP contribution in [0.4, 0.5) is 13.2 Å². The second-order valence-electron chi connectivity index (χ2n) is 9.51. The zero-order valence-corrected chi connectivity index (χ0v) is 21.8. The Balaban J connectivity index is 1.55. The van der Waals surface area contributed by atoms with Crippen molar-refractivity contribution >= 4 is 35.1 Å². The molecule has 0 aliphatic carbocycles. The number of carbonyl (C=O) groups excluding carboxylic acids is 1. The summed E-state index contributed by atoms with van der Waals surface area (Å²) in [6.45, 7) is 1.59. The molecule has 38 heavy (non-hydrogen) atoms. The molecule has 1 heterocycles. The molecular weight excluding hydrogens is 542 g/mol. The highest BCUT2D eigenvalue weighted by Crippen LogP contribution is 2.39. The first-order valence-corrected chi connectivity index (χ1v) is 12.5. The molecule has 0 aromatic heterocycles. The lowest BCUT2D eigenvalue weighted by atomic mass is 9.91. The van der Waals surface area contributed by atoms with Gasteiger partial charge in [-0.15, -0.1) is 0 Å². The third-order valence-corrected chi connectivity index (χ3v) is 7.19. The predicted octanol–water partition coefficient (Wildman–Crippen LogP) is 7.07. The second-order valence-corrected chi connectivity index (χ2v) is 10.3. The van der Waals surface area contributed by atoms with Gasteiger partial charge >= 0.3 is 12.1 Å². The molecule has 1 N–H and O–H groups in total. The Hall–Kier alpha value is -3.23. The monoisotopic (exact) mass is 565 g/mol. The van der Waals surface area contributed by atoms with E-state index in [1.54, 1.807) is 24.3 Å². The molecule has 0 unspecified atom stereocenters. The first-order chi connectivity index (χ1) is 17.8. The number of carbonyl (C=O) groups is 2. The largest absolute Gasteiger partial charge is 0.487 e. The molecule has 10 heteroatoms. The molecule has 0 fully saturated rings. The van der Waals surface area contributed by atoms with Crippen molar-refractivity contribution in [3.05, 3.63) is 98.5 Å². The average Bonchev–Trinajstić information content (AvgIpc) is 3.18. The maximum Gasteiger partial charge on any atom is 0.416 e. The Labute approximate surface area is 227 Å². The van der Waals surface area contributed by atoms with Crippen LogP contribution in [0.5, 0.6) is 5.75 Å². The van der Waals surface area contributed by atoms with Crippen LogP contribution in [-0.4, -0.2) is 34.0 Å². The van der Waals surface area contributed by atoms with Gasteiger partial charge in [-0.3, -0.25) is 9.59 Å². The quantitative estimate of drug-likeness (QED) is 0.317. The summed E-state index contributed by atoms with van der Waals surface area (Å²) >= 11 is 12.5. The van der Waals surface area contributed by atoms with Crippen LogP contribution in [0.3, 0.4) is 0 Å². The molecule has 1 aliphatic rings. The van der Waals surface area contributed by atoms with Crippen molar-refractivity contribution in [3.63, 3.8) is 0 Å². The highest BCUT2D eigenvalue weighted by molar-refractivity contribution is 6.42. The predicted molar refractivity (Wildman–Crippen MR) is 138 cm³/mol. The van der Waals surface area contributed by atoms with Gasteiger partial charge in [0.1, 0.15) is 11.4 Å². The molecule has 4 rings (SSSR count). The first kappa shape index (κ1) is 27.8. The number of benzene rings is 3. The van der Waals surface area contributed by atoms with E-state index >= 15 is 0 Å². The van der Waals surface area contributed by atoms with Gasteiger partial charge in [0.25, 0.3) is 5.91 Å². The lowest BCUT2D eigenvalue weighted by Gasteiger charge is -2.24. The number of hydrogen-bond donors (Lipinski definition) is 1. The molecule has 0 saturated carbocycles. The van der Waals surface area contributed by atoms with Crippen LogP contribution in [-0.2, 0) is 30.4 Å². The number of fused-ring (bicyclic) bond motifs is 1. The third-order valence-electron chi connectivity index (χ3n) is 6.33. The molecule has 1 atom stereocenters. The van der Waals surface area contributed by atoms with Crippen molar-refractivity contribution in [2.24, 2.45) is 0 Å². The molecule has 1 aliphatic heterocycles. The van der Waals surface area contributed by atoms with Gasteiger partial charge in [0.05, 0.1) is 22.0 Å². The van der Waals surface area contributed by atoms with E-state index in [2.05, 4.69) is 0 Å². The van der Waals surface area contributed by atoms with Crippen LogP contribution >= 0.6 is 23.2 Å². The van der Waals surface area contributed by atoms with Crippen molar-refractivity contribution < 1.29 is 32.6 Å². The molecule has 0 bridgehead atoms. The molecule has 3 aromatic rings. The zero-order valence-electron chi connectivity index (χ0n) is 20.3. The van der Waals surface area contributed by atoms with Crippen molar-refractivity contribution in [3.8, 4) is 5.75 Å². The summed E-state index contributed by atoms with van der Waals surface area (Å²) in [7, 11) is 0. The Morgan fingerprint density at radius 2 is 1.82 bits per heavy atom. The van der Waals surface area contributed by atoms with E-state index in [4.69, 9.17) is 33.0 Å². The summed E-state index contributed by atoms with van der Waals surface area (Å²) in [5, 5.41) is 10.0. The first-order valence-electron chi connectivity index (χ1n) is 11.8. The van der Waals surface area contributed by atoms with Crippen molar-refractivity contribution in [2.45, 2.75) is 44.5 Å². The number of alkyl halides is 3. The van der Waals surface area contributed by atoms with E-state index in [0.29, 0.717) is 28.6 Å². The van der Waals surface area contributed by atoms with E-state index in [0.717, 1.165) is 23.3 Å². The third kappa shape index (κ3) is 6.42. The minimum atomic E-state index is -4.53. The Bertz CT molecular complexity index is 1380. The van der Waals surface area contributed by atoms with E-state index in [-0.39, 0.29) is 30.6 Å². The fourth-order valence-electron chi connectivity index (χ4n) is 4.57. The lowest BCUT2D eigenvalue weighted by molar-refractivity contribution is -0.138. The van der Waals surface area contributed by atoms with Gasteiger partial charge in [-0.05, 0) is 60.0 Å². The van der Waals surface area contributed by atoms with Crippen molar-refractivity contribution in [1.82, 2.24) is 4.90 Å². The molecule has 200 valence electrons. The highest BCUT2D eigenvalue weighted by Gasteiger charge is 2.36. The fraction of sp³-hybridized carbons (Fsp3) is 0.286. The summed E-state index contributed by atoms with van der Waals surface area (Å²) in [6.07, 6.45) is -3.93. The second kappa shape index (κ2) is 10.9. The van der Waals surface area contributed by atoms with Gasteiger partial charge in [0.15, 0.2) is 0 Å². The van der Waals surface area contributed by atoms with Crippen LogP contribution in [0.2, 0.25) is 10.0 Å². The molecule has 1 amide bonds. The number of amides is 1. The van der Waals surface area contributed by atoms with Gasteiger partial charge in [-0.1, -0.05) is 47.5 Å². The zero-order chi connectivity index (χ0) is 27.7. The summed E-state index contributed by atoms with van der Waals surface area (Å²) in [5.41, 5.74) is 0.665. The number of hydrogen-bond acceptors (Lipinski definition) is 3. The van der Waals surface area contributed by atoms with Crippen LogP contribution in [0.25, 0.3) is 0 Å². The summed E-state index contributed by atoms with van der Waals surface area (Å²) in [4.78, 5) is 25.9. The minimum Gasteiger partial charge on any atom is -0.487 e. The van der Waals surface area contributed by atoms with E-state index < -0.39 is 29.2 Å². The van der Waals surface area contributed by atoms with Gasteiger partial charge in [-0.2, -0.15) is 13.2 Å². The Morgan fingerprint density at radius 1 is 1.08 bits per heavy atom. The molecular formula is C28H24Cl2F3NO4. The number of nitrogens with zero attached hydrogens (tertiary/aromatic N) is 1. The molecule has 0 saturated heterocycles. The van der Waals surface area contributed by atoms with Crippen LogP contribution in [0, 0.1) is 0 Å². The summed E-state index contributed by atoms with van der Waals surface area (Å²) in [6, 6.07) is 14.9. The van der Waals surface area contributed by atoms with Gasteiger partial charge in [0, 0.05) is 31.5 Å². The van der Waals surface area contributed by atoms with E-state index in [1.165, 1.54) is 17.0 Å². The SMILES string of the molecule is C[C@@]1(Cc2cccc(Cl)c2Cl)Cc2cc(C(=O)N(CCC(=O)O)Cc3cccc(C(F)(F)F)c3)ccc2O1. The van der Waals surface area contributed by atoms with Crippen molar-refractivity contribution in [1.29, 1.82) is 0 Å². The van der Waals surface area contributed by atoms with Crippen LogP contribution in [0.15, 0.2) is 60.7 Å². The average molecular weight is 566 g/mol. The van der Waals surface area contributed by atoms with E-state index in [9.17, 15) is 22.8 Å². The van der Waals surface area contributed by atoms with E-state index in [1.807, 2.05) is 19.1 Å². The highest BCUT2D eigenvalue weighted by atomic mass is 35.5. The van der Waals surface area contributed by atoms with Crippen molar-refractivity contribution in [2.75, 3.05) is 6.54 Å². The molecule has 3 aromatic carbocycles. The maximum absolute atomic E-state index is 13.4. The molecule has 5 nitrogen and oxygen atoms in total. The smallest absolute Gasteiger partial charge is 0.416 e. The minimum absolute atomic E-state index is 0.164. The normalized spacial score (nSPS) is 16.6. The number of carboxylic acids is 1. The molecule has 0 spiro atoms. The maximum atomic E-state index is 13.4. The fourth-order valence-corrected chi connectivity index (χ4v) is 4.96. The topological polar surface area (TPSA) is 66.8 Å². The lowest BCUT2D eigenvalue weighted by Crippen LogP contribution is -2.33.